The number of hydrogen-bond acceptors (Lipinski definition) is 2. The van der Waals surface area contributed by atoms with E-state index >= 15 is 0 Å². The summed E-state index contributed by atoms with van der Waals surface area (Å²) in [6.07, 6.45) is 7.24. The second-order valence-electron chi connectivity index (χ2n) is 8.93. The summed E-state index contributed by atoms with van der Waals surface area (Å²) in [6.45, 7) is 0. The number of rotatable bonds is 2. The van der Waals surface area contributed by atoms with Gasteiger partial charge in [-0.05, 0) is 51.4 Å². The molecule has 0 radical (unpaired) electrons. The fourth-order valence-electron chi connectivity index (χ4n) is 5.16. The molecule has 0 unspecified atom stereocenters. The van der Waals surface area contributed by atoms with Gasteiger partial charge in [0.2, 0.25) is 0 Å². The first-order valence-corrected chi connectivity index (χ1v) is 11.6. The molecule has 0 saturated carbocycles. The number of hydrogen-bond donors (Lipinski definition) is 0. The summed E-state index contributed by atoms with van der Waals surface area (Å²) >= 11 is 0. The number of benzene rings is 5. The molecule has 0 aromatic heterocycles. The van der Waals surface area contributed by atoms with Crippen LogP contribution in [0.2, 0.25) is 0 Å². The summed E-state index contributed by atoms with van der Waals surface area (Å²) in [5.41, 5.74) is 4.51. The summed E-state index contributed by atoms with van der Waals surface area (Å²) in [7, 11) is 0. The van der Waals surface area contributed by atoms with E-state index in [4.69, 9.17) is 9.47 Å². The Morgan fingerprint density at radius 2 is 1.15 bits per heavy atom. The fourth-order valence-corrected chi connectivity index (χ4v) is 5.16. The summed E-state index contributed by atoms with van der Waals surface area (Å²) in [5, 5.41) is 4.77. The molecule has 1 spiro atoms. The summed E-state index contributed by atoms with van der Waals surface area (Å²) in [4.78, 5) is 0. The van der Waals surface area contributed by atoms with E-state index < -0.39 is 5.79 Å². The van der Waals surface area contributed by atoms with Crippen LogP contribution >= 0.6 is 0 Å². The van der Waals surface area contributed by atoms with E-state index in [1.54, 1.807) is 0 Å². The van der Waals surface area contributed by atoms with Crippen molar-refractivity contribution in [2.45, 2.75) is 12.2 Å². The molecule has 1 atom stereocenters. The van der Waals surface area contributed by atoms with Crippen molar-refractivity contribution in [1.82, 2.24) is 0 Å². The zero-order chi connectivity index (χ0) is 22.5. The highest BCUT2D eigenvalue weighted by molar-refractivity contribution is 5.96. The molecule has 0 bridgehead atoms. The van der Waals surface area contributed by atoms with Gasteiger partial charge < -0.3 is 9.47 Å². The van der Waals surface area contributed by atoms with Crippen molar-refractivity contribution in [3.8, 4) is 11.5 Å². The van der Waals surface area contributed by atoms with E-state index in [0.29, 0.717) is 0 Å². The average molecular weight is 439 g/mol. The largest absolute Gasteiger partial charge is 0.444 e. The number of ether oxygens (including phenoxy) is 2. The fraction of sp³-hybridized carbons (Fsp3) is 0.0625. The van der Waals surface area contributed by atoms with Gasteiger partial charge in [-0.25, -0.2) is 0 Å². The normalized spacial score (nSPS) is 18.2. The molecule has 0 fully saturated rings. The van der Waals surface area contributed by atoms with Gasteiger partial charge in [0.05, 0.1) is 0 Å². The highest BCUT2D eigenvalue weighted by atomic mass is 16.7. The molecule has 5 aromatic rings. The van der Waals surface area contributed by atoms with Gasteiger partial charge in [-0.2, -0.15) is 0 Å². The molecular formula is C32H22O2. The van der Waals surface area contributed by atoms with Gasteiger partial charge in [0.1, 0.15) is 11.5 Å². The maximum Gasteiger partial charge on any atom is 0.295 e. The van der Waals surface area contributed by atoms with Crippen molar-refractivity contribution < 1.29 is 9.47 Å². The zero-order valence-corrected chi connectivity index (χ0v) is 18.6. The van der Waals surface area contributed by atoms with Crippen molar-refractivity contribution in [2.24, 2.45) is 0 Å². The predicted molar refractivity (Wildman–Crippen MR) is 139 cm³/mol. The van der Waals surface area contributed by atoms with E-state index in [1.807, 2.05) is 6.07 Å². The van der Waals surface area contributed by atoms with Crippen LogP contribution in [-0.2, 0) is 6.42 Å². The van der Waals surface area contributed by atoms with Crippen LogP contribution in [0.25, 0.3) is 33.7 Å². The van der Waals surface area contributed by atoms with E-state index in [-0.39, 0.29) is 0 Å². The Labute approximate surface area is 198 Å². The van der Waals surface area contributed by atoms with Crippen LogP contribution in [-0.4, -0.2) is 5.79 Å². The molecule has 2 nitrogen and oxygen atoms in total. The molecule has 0 aliphatic carbocycles. The molecule has 0 amide bonds. The van der Waals surface area contributed by atoms with Crippen molar-refractivity contribution in [1.29, 1.82) is 0 Å². The lowest BCUT2D eigenvalue weighted by Crippen LogP contribution is -2.46. The topological polar surface area (TPSA) is 18.5 Å². The minimum Gasteiger partial charge on any atom is -0.444 e. The predicted octanol–water partition coefficient (Wildman–Crippen LogP) is 7.81. The lowest BCUT2D eigenvalue weighted by molar-refractivity contribution is -0.0426. The van der Waals surface area contributed by atoms with Gasteiger partial charge in [0.25, 0.3) is 5.79 Å². The molecule has 2 heterocycles. The first-order valence-electron chi connectivity index (χ1n) is 11.6. The van der Waals surface area contributed by atoms with Crippen molar-refractivity contribution in [2.75, 3.05) is 0 Å². The Kier molecular flexibility index (Phi) is 4.16. The lowest BCUT2D eigenvalue weighted by Gasteiger charge is -2.40. The van der Waals surface area contributed by atoms with Crippen LogP contribution in [0.5, 0.6) is 11.5 Å². The molecule has 2 aliphatic heterocycles. The molecule has 2 aliphatic rings. The molecule has 5 aromatic carbocycles. The molecule has 0 saturated heterocycles. The minimum atomic E-state index is -0.985. The monoisotopic (exact) mass is 438 g/mol. The quantitative estimate of drug-likeness (QED) is 0.280. The first kappa shape index (κ1) is 19.2. The summed E-state index contributed by atoms with van der Waals surface area (Å²) in [6, 6.07) is 35.7. The van der Waals surface area contributed by atoms with Crippen LogP contribution < -0.4 is 9.47 Å². The van der Waals surface area contributed by atoms with Crippen LogP contribution in [0.1, 0.15) is 16.7 Å². The summed E-state index contributed by atoms with van der Waals surface area (Å²) < 4.78 is 13.5. The molecular weight excluding hydrogens is 416 g/mol. The molecule has 162 valence electrons. The maximum absolute atomic E-state index is 6.74. The van der Waals surface area contributed by atoms with Crippen LogP contribution in [0, 0.1) is 0 Å². The lowest BCUT2D eigenvalue weighted by atomic mass is 9.88. The molecule has 0 N–H and O–H groups in total. The Morgan fingerprint density at radius 1 is 0.559 bits per heavy atom. The Morgan fingerprint density at radius 3 is 1.85 bits per heavy atom. The van der Waals surface area contributed by atoms with Gasteiger partial charge in [0.15, 0.2) is 0 Å². The van der Waals surface area contributed by atoms with Gasteiger partial charge in [-0.3, -0.25) is 0 Å². The van der Waals surface area contributed by atoms with E-state index in [2.05, 4.69) is 115 Å². The second-order valence-corrected chi connectivity index (χ2v) is 8.93. The van der Waals surface area contributed by atoms with Crippen molar-refractivity contribution in [3.63, 3.8) is 0 Å². The number of fused-ring (bicyclic) bond motifs is 6. The van der Waals surface area contributed by atoms with Crippen molar-refractivity contribution in [3.05, 3.63) is 131 Å². The van der Waals surface area contributed by atoms with Crippen molar-refractivity contribution >= 4 is 33.7 Å². The van der Waals surface area contributed by atoms with Gasteiger partial charge >= 0.3 is 0 Å². The second kappa shape index (κ2) is 7.36. The third-order valence-corrected chi connectivity index (χ3v) is 6.86. The van der Waals surface area contributed by atoms with Gasteiger partial charge in [-0.1, -0.05) is 91.0 Å². The van der Waals surface area contributed by atoms with Crippen LogP contribution in [0.4, 0.5) is 0 Å². The van der Waals surface area contributed by atoms with E-state index in [1.165, 1.54) is 27.1 Å². The third kappa shape index (κ3) is 2.96. The SMILES string of the molecule is C1=C[C@]2(Oc3ccc4ccccc4c31)Oc1ccc3ccccc3c1C=C2Cc1ccccc1. The first-order chi connectivity index (χ1) is 16.8. The molecule has 2 heteroatoms. The average Bonchev–Trinajstić information content (AvgIpc) is 2.89. The van der Waals surface area contributed by atoms with Gasteiger partial charge in [0, 0.05) is 29.2 Å². The Bertz CT molecular complexity index is 1620. The Balaban J connectivity index is 1.41. The van der Waals surface area contributed by atoms with Crippen LogP contribution in [0.3, 0.4) is 0 Å². The highest BCUT2D eigenvalue weighted by Crippen LogP contribution is 2.46. The zero-order valence-electron chi connectivity index (χ0n) is 18.6. The van der Waals surface area contributed by atoms with Crippen LogP contribution in [0.15, 0.2) is 115 Å². The third-order valence-electron chi connectivity index (χ3n) is 6.86. The smallest absolute Gasteiger partial charge is 0.295 e. The van der Waals surface area contributed by atoms with E-state index in [9.17, 15) is 0 Å². The maximum atomic E-state index is 6.74. The molecule has 34 heavy (non-hydrogen) atoms. The summed E-state index contributed by atoms with van der Waals surface area (Å²) in [5.74, 6) is 0.689. The molecule has 7 rings (SSSR count). The van der Waals surface area contributed by atoms with E-state index in [0.717, 1.165) is 34.6 Å². The minimum absolute atomic E-state index is 0.733. The standard InChI is InChI=1S/C32H22O2/c1-2-8-22(9-3-1)20-25-21-29-27-13-7-5-11-24(27)15-17-31(29)34-32(25)19-18-28-26-12-6-4-10-23(26)14-16-30(28)33-32/h1-19,21H,20H2/t32-/m0/s1. The van der Waals surface area contributed by atoms with Gasteiger partial charge in [-0.15, -0.1) is 0 Å². The Hall–Kier alpha value is -4.30. The highest BCUT2D eigenvalue weighted by Gasteiger charge is 2.42.